The van der Waals surface area contributed by atoms with E-state index in [2.05, 4.69) is 4.99 Å². The minimum atomic E-state index is -4.95. The fraction of sp³-hybridized carbons (Fsp3) is 0.286. The minimum absolute atomic E-state index is 0.0547. The summed E-state index contributed by atoms with van der Waals surface area (Å²) in [6, 6.07) is 5.67. The number of rotatable bonds is 5. The molecular formula is C21H19F4N3O4S. The molecule has 0 saturated heterocycles. The van der Waals surface area contributed by atoms with Crippen molar-refractivity contribution in [3.05, 3.63) is 63.3 Å². The largest absolute Gasteiger partial charge is 0.416 e. The third-order valence-corrected chi connectivity index (χ3v) is 6.86. The monoisotopic (exact) mass is 485 g/mol. The van der Waals surface area contributed by atoms with Gasteiger partial charge in [-0.05, 0) is 43.2 Å². The van der Waals surface area contributed by atoms with Crippen LogP contribution in [0, 0.1) is 17.0 Å². The molecule has 0 saturated carbocycles. The molecule has 7 nitrogen and oxygen atoms in total. The molecule has 0 spiro atoms. The molecule has 12 heteroatoms. The summed E-state index contributed by atoms with van der Waals surface area (Å²) >= 11 is 0. The number of nitro benzene ring substituents is 1. The Morgan fingerprint density at radius 1 is 1.21 bits per heavy atom. The molecule has 33 heavy (non-hydrogen) atoms. The van der Waals surface area contributed by atoms with E-state index in [1.807, 2.05) is 0 Å². The number of halogens is 4. The van der Waals surface area contributed by atoms with Gasteiger partial charge in [-0.1, -0.05) is 19.1 Å². The Balaban J connectivity index is 2.47. The zero-order valence-corrected chi connectivity index (χ0v) is 18.5. The topological polar surface area (TPSA) is 92.9 Å². The van der Waals surface area contributed by atoms with E-state index in [-0.39, 0.29) is 21.8 Å². The SMILES string of the molecule is CCS(=O)(=O)c1cccc(-c2cc(C(F)(F)F)c(C)c([N+](=O)[O-])c2N2C=C(C)C=NC2F)c1. The lowest BCUT2D eigenvalue weighted by Crippen LogP contribution is -2.30. The van der Waals surface area contributed by atoms with Gasteiger partial charge in [0.2, 0.25) is 0 Å². The van der Waals surface area contributed by atoms with E-state index in [1.54, 1.807) is 6.92 Å². The van der Waals surface area contributed by atoms with Crippen molar-refractivity contribution in [1.29, 1.82) is 0 Å². The number of alkyl halides is 4. The van der Waals surface area contributed by atoms with Gasteiger partial charge >= 0.3 is 6.18 Å². The first-order valence-corrected chi connectivity index (χ1v) is 11.3. The second-order valence-corrected chi connectivity index (χ2v) is 9.63. The Hall–Kier alpha value is -3.28. The van der Waals surface area contributed by atoms with Crippen LogP contribution in [0.2, 0.25) is 0 Å². The molecular weight excluding hydrogens is 466 g/mol. The molecule has 1 unspecified atom stereocenters. The van der Waals surface area contributed by atoms with Crippen LogP contribution in [0.5, 0.6) is 0 Å². The van der Waals surface area contributed by atoms with Crippen molar-refractivity contribution < 1.29 is 30.9 Å². The van der Waals surface area contributed by atoms with Gasteiger partial charge < -0.3 is 0 Å². The van der Waals surface area contributed by atoms with Crippen LogP contribution in [-0.4, -0.2) is 31.7 Å². The van der Waals surface area contributed by atoms with Gasteiger partial charge in [0.05, 0.1) is 21.1 Å². The van der Waals surface area contributed by atoms with Crippen molar-refractivity contribution in [2.45, 2.75) is 38.3 Å². The summed E-state index contributed by atoms with van der Waals surface area (Å²) in [7, 11) is -3.74. The van der Waals surface area contributed by atoms with Gasteiger partial charge in [0.1, 0.15) is 5.69 Å². The van der Waals surface area contributed by atoms with Crippen molar-refractivity contribution in [3.8, 4) is 11.1 Å². The number of benzene rings is 2. The molecule has 1 atom stereocenters. The lowest BCUT2D eigenvalue weighted by atomic mass is 9.94. The maximum Gasteiger partial charge on any atom is 0.416 e. The summed E-state index contributed by atoms with van der Waals surface area (Å²) in [5.74, 6) is -0.263. The van der Waals surface area contributed by atoms with Crippen molar-refractivity contribution in [2.75, 3.05) is 10.7 Å². The molecule has 1 aliphatic heterocycles. The van der Waals surface area contributed by atoms with Crippen molar-refractivity contribution in [2.24, 2.45) is 4.99 Å². The van der Waals surface area contributed by atoms with E-state index in [4.69, 9.17) is 0 Å². The quantitative estimate of drug-likeness (QED) is 0.244. The predicted octanol–water partition coefficient (Wildman–Crippen LogP) is 5.43. The molecule has 0 fully saturated rings. The van der Waals surface area contributed by atoms with E-state index in [0.717, 1.165) is 17.9 Å². The summed E-state index contributed by atoms with van der Waals surface area (Å²) in [6.07, 6.45) is -4.69. The van der Waals surface area contributed by atoms with Gasteiger partial charge in [-0.25, -0.2) is 13.4 Å². The van der Waals surface area contributed by atoms with Crippen LogP contribution in [0.3, 0.4) is 0 Å². The smallest absolute Gasteiger partial charge is 0.292 e. The van der Waals surface area contributed by atoms with E-state index < -0.39 is 49.9 Å². The van der Waals surface area contributed by atoms with Crippen molar-refractivity contribution >= 4 is 27.4 Å². The molecule has 3 rings (SSSR count). The molecule has 0 bridgehead atoms. The Morgan fingerprint density at radius 2 is 1.88 bits per heavy atom. The van der Waals surface area contributed by atoms with E-state index in [0.29, 0.717) is 11.6 Å². The predicted molar refractivity (Wildman–Crippen MR) is 116 cm³/mol. The highest BCUT2D eigenvalue weighted by Crippen LogP contribution is 2.48. The fourth-order valence-corrected chi connectivity index (χ4v) is 4.44. The molecule has 0 radical (unpaired) electrons. The molecule has 0 amide bonds. The van der Waals surface area contributed by atoms with Gasteiger partial charge in [-0.3, -0.25) is 15.0 Å². The summed E-state index contributed by atoms with van der Waals surface area (Å²) in [4.78, 5) is 15.1. The molecule has 0 aromatic heterocycles. The number of sulfone groups is 1. The van der Waals surface area contributed by atoms with Crippen LogP contribution in [0.4, 0.5) is 28.9 Å². The summed E-state index contributed by atoms with van der Waals surface area (Å²) in [5.41, 5.74) is -3.39. The Bertz CT molecular complexity index is 1290. The van der Waals surface area contributed by atoms with Gasteiger partial charge in [-0.2, -0.15) is 17.6 Å². The number of anilines is 1. The summed E-state index contributed by atoms with van der Waals surface area (Å²) < 4.78 is 80.8. The van der Waals surface area contributed by atoms with Gasteiger partial charge in [0, 0.05) is 23.5 Å². The number of hydrogen-bond acceptors (Lipinski definition) is 6. The number of nitro groups is 1. The highest BCUT2D eigenvalue weighted by Gasteiger charge is 2.40. The third-order valence-electron chi connectivity index (χ3n) is 5.13. The second-order valence-electron chi connectivity index (χ2n) is 7.35. The van der Waals surface area contributed by atoms with E-state index >= 15 is 0 Å². The first-order valence-electron chi connectivity index (χ1n) is 9.64. The zero-order chi connectivity index (χ0) is 24.7. The van der Waals surface area contributed by atoms with Crippen LogP contribution < -0.4 is 4.90 Å². The van der Waals surface area contributed by atoms with Crippen LogP contribution in [-0.2, 0) is 16.0 Å². The first-order chi connectivity index (χ1) is 15.3. The Morgan fingerprint density at radius 3 is 2.45 bits per heavy atom. The van der Waals surface area contributed by atoms with Crippen LogP contribution >= 0.6 is 0 Å². The molecule has 176 valence electrons. The van der Waals surface area contributed by atoms with Crippen LogP contribution in [0.25, 0.3) is 11.1 Å². The highest BCUT2D eigenvalue weighted by molar-refractivity contribution is 7.91. The van der Waals surface area contributed by atoms with Gasteiger partial charge in [-0.15, -0.1) is 0 Å². The fourth-order valence-electron chi connectivity index (χ4n) is 3.51. The number of aliphatic imine (C=N–C) groups is 1. The summed E-state index contributed by atoms with van der Waals surface area (Å²) in [6.45, 7) is 3.88. The van der Waals surface area contributed by atoms with Gasteiger partial charge in [0.15, 0.2) is 9.84 Å². The molecule has 0 N–H and O–H groups in total. The maximum absolute atomic E-state index is 14.8. The molecule has 1 aliphatic rings. The molecule has 0 aliphatic carbocycles. The van der Waals surface area contributed by atoms with Crippen molar-refractivity contribution in [1.82, 2.24) is 0 Å². The zero-order valence-electron chi connectivity index (χ0n) is 17.7. The summed E-state index contributed by atoms with van der Waals surface area (Å²) in [5, 5.41) is 11.9. The number of nitrogens with zero attached hydrogens (tertiary/aromatic N) is 3. The Kier molecular flexibility index (Phi) is 6.33. The second kappa shape index (κ2) is 8.58. The van der Waals surface area contributed by atoms with Crippen LogP contribution in [0.1, 0.15) is 25.0 Å². The molecule has 2 aromatic rings. The lowest BCUT2D eigenvalue weighted by Gasteiger charge is -2.28. The average molecular weight is 485 g/mol. The lowest BCUT2D eigenvalue weighted by molar-refractivity contribution is -0.384. The molecule has 2 aromatic carbocycles. The van der Waals surface area contributed by atoms with E-state index in [1.165, 1.54) is 37.5 Å². The number of allylic oxidation sites excluding steroid dienone is 1. The average Bonchev–Trinajstić information content (AvgIpc) is 2.74. The van der Waals surface area contributed by atoms with E-state index in [9.17, 15) is 36.1 Å². The maximum atomic E-state index is 14.8. The highest BCUT2D eigenvalue weighted by atomic mass is 32.2. The van der Waals surface area contributed by atoms with Gasteiger partial charge in [0.25, 0.3) is 12.1 Å². The standard InChI is InChI=1S/C21H19F4N3O4S/c1-4-33(31,32)15-7-5-6-14(8-15)16-9-17(21(23,24)25)13(3)18(28(29)30)19(16)27-11-12(2)10-26-20(27)22/h5-11,20H,4H2,1-3H3. The number of hydrogen-bond donors (Lipinski definition) is 0. The van der Waals surface area contributed by atoms with Crippen molar-refractivity contribution in [3.63, 3.8) is 0 Å². The first kappa shape index (κ1) is 24.4. The third kappa shape index (κ3) is 4.61. The Labute approximate surface area is 187 Å². The molecule has 1 heterocycles. The minimum Gasteiger partial charge on any atom is -0.292 e. The van der Waals surface area contributed by atoms with Crippen LogP contribution in [0.15, 0.2) is 52.0 Å². The normalized spacial score (nSPS) is 16.6.